The molecule has 1 saturated heterocycles. The average molecular weight is 548 g/mol. The van der Waals surface area contributed by atoms with Crippen molar-refractivity contribution < 1.29 is 32.3 Å². The number of piperidine rings is 1. The van der Waals surface area contributed by atoms with E-state index in [9.17, 15) is 27.9 Å². The number of rotatable bonds is 9. The maximum absolute atomic E-state index is 13.8. The van der Waals surface area contributed by atoms with Crippen LogP contribution in [0.5, 0.6) is 0 Å². The second-order valence-corrected chi connectivity index (χ2v) is 10.7. The number of hydrogen-bond donors (Lipinski definition) is 2. The molecular formula is C27H32F3N5O4. The number of carboxylic acid groups (broad SMARTS) is 1. The molecule has 39 heavy (non-hydrogen) atoms. The lowest BCUT2D eigenvalue weighted by Crippen LogP contribution is -2.46. The van der Waals surface area contributed by atoms with E-state index in [4.69, 9.17) is 4.42 Å². The summed E-state index contributed by atoms with van der Waals surface area (Å²) in [7, 11) is 0. The molecule has 0 bridgehead atoms. The molecule has 0 spiro atoms. The van der Waals surface area contributed by atoms with Gasteiger partial charge in [0.1, 0.15) is 6.26 Å². The number of aliphatic carboxylic acids is 1. The number of amides is 1. The highest BCUT2D eigenvalue weighted by Crippen LogP contribution is 2.38. The number of carbonyl (C=O) groups excluding carboxylic acids is 1. The third kappa shape index (κ3) is 6.67. The van der Waals surface area contributed by atoms with Gasteiger partial charge in [-0.2, -0.15) is 23.0 Å². The van der Waals surface area contributed by atoms with Gasteiger partial charge in [-0.3, -0.25) is 9.59 Å². The van der Waals surface area contributed by atoms with Crippen molar-refractivity contribution in [2.45, 2.75) is 52.3 Å². The lowest BCUT2D eigenvalue weighted by molar-refractivity contribution is -0.142. The molecule has 2 aromatic heterocycles. The summed E-state index contributed by atoms with van der Waals surface area (Å²) in [5.41, 5.74) is -1.20. The van der Waals surface area contributed by atoms with Crippen molar-refractivity contribution in [2.24, 2.45) is 11.3 Å². The smallest absolute Gasteiger partial charge is 0.417 e. The zero-order valence-electron chi connectivity index (χ0n) is 22.0. The van der Waals surface area contributed by atoms with Crippen molar-refractivity contribution in [3.63, 3.8) is 0 Å². The van der Waals surface area contributed by atoms with Crippen LogP contribution in [-0.4, -0.2) is 62.3 Å². The average Bonchev–Trinajstić information content (AvgIpc) is 3.55. The number of nitrogens with one attached hydrogen (secondary N) is 1. The molecule has 9 nitrogen and oxygen atoms in total. The van der Waals surface area contributed by atoms with Crippen LogP contribution in [0.25, 0.3) is 17.3 Å². The summed E-state index contributed by atoms with van der Waals surface area (Å²) in [5, 5.41) is 16.6. The number of oxazole rings is 1. The van der Waals surface area contributed by atoms with Crippen LogP contribution in [0.2, 0.25) is 0 Å². The number of aromatic nitrogens is 3. The fourth-order valence-electron chi connectivity index (χ4n) is 5.02. The predicted octanol–water partition coefficient (Wildman–Crippen LogP) is 4.88. The molecule has 4 rings (SSSR count). The van der Waals surface area contributed by atoms with Crippen LogP contribution >= 0.6 is 0 Å². The van der Waals surface area contributed by atoms with E-state index in [1.165, 1.54) is 43.6 Å². The second-order valence-electron chi connectivity index (χ2n) is 10.7. The van der Waals surface area contributed by atoms with Crippen molar-refractivity contribution in [3.05, 3.63) is 54.0 Å². The molecule has 1 amide bonds. The van der Waals surface area contributed by atoms with Crippen LogP contribution in [-0.2, 0) is 11.0 Å². The highest BCUT2D eigenvalue weighted by molar-refractivity contribution is 5.94. The maximum atomic E-state index is 13.8. The summed E-state index contributed by atoms with van der Waals surface area (Å²) in [6.45, 7) is 8.27. The fourth-order valence-corrected chi connectivity index (χ4v) is 5.02. The molecule has 3 aromatic rings. The Hall–Kier alpha value is -3.67. The second kappa shape index (κ2) is 11.2. The molecule has 0 unspecified atom stereocenters. The number of halogens is 3. The van der Waals surface area contributed by atoms with Crippen molar-refractivity contribution in [1.82, 2.24) is 25.0 Å². The largest absolute Gasteiger partial charge is 0.481 e. The molecule has 1 aliphatic rings. The number of alkyl halides is 3. The van der Waals surface area contributed by atoms with E-state index in [0.717, 1.165) is 36.7 Å². The van der Waals surface area contributed by atoms with Crippen molar-refractivity contribution in [1.29, 1.82) is 0 Å². The standard InChI is InChI=1S/C27H32F3N5O4/c1-17(24(37)38)20(9-13-34-12-6-10-26(2,3)16-34)32-23(36)21-15-22(35(33-21)25-31-11-14-39-25)18-7-4-5-8-19(18)27(28,29)30/h4-5,7-8,11,14-15,17,20H,6,9-10,12-13,16H2,1-3H3,(H,32,36)(H,37,38)/t17-,20-/m0/s1. The Morgan fingerprint density at radius 3 is 2.64 bits per heavy atom. The molecule has 1 aliphatic heterocycles. The van der Waals surface area contributed by atoms with E-state index < -0.39 is 35.6 Å². The zero-order chi connectivity index (χ0) is 28.4. The van der Waals surface area contributed by atoms with E-state index in [2.05, 4.69) is 34.1 Å². The molecular weight excluding hydrogens is 515 g/mol. The Morgan fingerprint density at radius 1 is 1.26 bits per heavy atom. The van der Waals surface area contributed by atoms with E-state index in [1.807, 2.05) is 0 Å². The van der Waals surface area contributed by atoms with E-state index in [0.29, 0.717) is 13.0 Å². The number of carboxylic acids is 1. The van der Waals surface area contributed by atoms with Crippen LogP contribution in [0.4, 0.5) is 13.2 Å². The minimum atomic E-state index is -4.66. The molecule has 2 N–H and O–H groups in total. The summed E-state index contributed by atoms with van der Waals surface area (Å²) < 4.78 is 47.7. The number of nitrogens with zero attached hydrogens (tertiary/aromatic N) is 4. The van der Waals surface area contributed by atoms with Crippen molar-refractivity contribution in [3.8, 4) is 17.3 Å². The quantitative estimate of drug-likeness (QED) is 0.393. The molecule has 2 atom stereocenters. The lowest BCUT2D eigenvalue weighted by Gasteiger charge is -2.38. The van der Waals surface area contributed by atoms with Crippen LogP contribution in [0.3, 0.4) is 0 Å². The first-order valence-electron chi connectivity index (χ1n) is 12.8. The minimum absolute atomic E-state index is 0.0473. The highest BCUT2D eigenvalue weighted by atomic mass is 19.4. The first kappa shape index (κ1) is 28.3. The van der Waals surface area contributed by atoms with Crippen LogP contribution in [0, 0.1) is 11.3 Å². The van der Waals surface area contributed by atoms with Crippen LogP contribution in [0.15, 0.2) is 47.2 Å². The van der Waals surface area contributed by atoms with Gasteiger partial charge in [-0.1, -0.05) is 32.0 Å². The fraction of sp³-hybridized carbons (Fsp3) is 0.481. The van der Waals surface area contributed by atoms with Crippen LogP contribution < -0.4 is 5.32 Å². The number of carbonyl (C=O) groups is 2. The Bertz CT molecular complexity index is 1300. The molecule has 1 fully saturated rings. The van der Waals surface area contributed by atoms with E-state index >= 15 is 0 Å². The van der Waals surface area contributed by atoms with Gasteiger partial charge in [-0.25, -0.2) is 4.98 Å². The van der Waals surface area contributed by atoms with Gasteiger partial charge in [0.25, 0.3) is 5.91 Å². The molecule has 12 heteroatoms. The first-order valence-corrected chi connectivity index (χ1v) is 12.8. The highest BCUT2D eigenvalue weighted by Gasteiger charge is 2.35. The topological polar surface area (TPSA) is 113 Å². The molecule has 210 valence electrons. The summed E-state index contributed by atoms with van der Waals surface area (Å²) >= 11 is 0. The Balaban J connectivity index is 1.62. The third-order valence-electron chi connectivity index (χ3n) is 7.10. The summed E-state index contributed by atoms with van der Waals surface area (Å²) in [6, 6.07) is 5.31. The minimum Gasteiger partial charge on any atom is -0.481 e. The monoisotopic (exact) mass is 547 g/mol. The van der Waals surface area contributed by atoms with E-state index in [-0.39, 0.29) is 28.4 Å². The molecule has 0 saturated carbocycles. The molecule has 3 heterocycles. The Morgan fingerprint density at radius 2 is 2.00 bits per heavy atom. The SMILES string of the molecule is C[C@H](C(=O)O)[C@H](CCN1CCCC(C)(C)C1)NC(=O)c1cc(-c2ccccc2C(F)(F)F)n(-c2ncco2)n1. The number of likely N-dealkylation sites (tertiary alicyclic amines) is 1. The van der Waals surface area contributed by atoms with Gasteiger partial charge < -0.3 is 19.7 Å². The molecule has 1 aromatic carbocycles. The number of benzene rings is 1. The third-order valence-corrected chi connectivity index (χ3v) is 7.10. The van der Waals surface area contributed by atoms with Crippen molar-refractivity contribution in [2.75, 3.05) is 19.6 Å². The van der Waals surface area contributed by atoms with Gasteiger partial charge in [0, 0.05) is 24.7 Å². The Labute approximate surface area is 224 Å². The van der Waals surface area contributed by atoms with Gasteiger partial charge in [-0.05, 0) is 50.3 Å². The van der Waals surface area contributed by atoms with Crippen LogP contribution in [0.1, 0.15) is 56.1 Å². The molecule has 0 aliphatic carbocycles. The maximum Gasteiger partial charge on any atom is 0.417 e. The van der Waals surface area contributed by atoms with Gasteiger partial charge in [0.15, 0.2) is 5.69 Å². The number of hydrogen-bond acceptors (Lipinski definition) is 6. The predicted molar refractivity (Wildman–Crippen MR) is 136 cm³/mol. The summed E-state index contributed by atoms with van der Waals surface area (Å²) in [6.07, 6.45) is 0.432. The van der Waals surface area contributed by atoms with Gasteiger partial charge >= 0.3 is 18.2 Å². The Kier molecular flexibility index (Phi) is 8.15. The summed E-state index contributed by atoms with van der Waals surface area (Å²) in [4.78, 5) is 31.4. The van der Waals surface area contributed by atoms with Gasteiger partial charge in [0.05, 0.1) is 23.4 Å². The van der Waals surface area contributed by atoms with Gasteiger partial charge in [0.2, 0.25) is 0 Å². The van der Waals surface area contributed by atoms with E-state index in [1.54, 1.807) is 0 Å². The first-order chi connectivity index (χ1) is 18.4. The van der Waals surface area contributed by atoms with Gasteiger partial charge in [-0.15, -0.1) is 0 Å². The lowest BCUT2D eigenvalue weighted by atomic mass is 9.84. The normalized spacial score (nSPS) is 17.5. The molecule has 0 radical (unpaired) electrons. The summed E-state index contributed by atoms with van der Waals surface area (Å²) in [5.74, 6) is -2.67. The zero-order valence-corrected chi connectivity index (χ0v) is 22.0. The van der Waals surface area contributed by atoms with Crippen molar-refractivity contribution >= 4 is 11.9 Å².